The second-order valence-electron chi connectivity index (χ2n) is 12.0. The first-order valence-electron chi connectivity index (χ1n) is 15.9. The number of hydrogen-bond donors (Lipinski definition) is 1. The second kappa shape index (κ2) is 24.1. The van der Waals surface area contributed by atoms with E-state index in [4.69, 9.17) is 13.8 Å². The maximum Gasteiger partial charge on any atom is 0.270 e. The Balaban J connectivity index is 4.56. The molecule has 0 radical (unpaired) electrons. The third kappa shape index (κ3) is 26.2. The largest absolute Gasteiger partial charge is 0.756 e. The van der Waals surface area contributed by atoms with Gasteiger partial charge < -0.3 is 24.0 Å². The van der Waals surface area contributed by atoms with Gasteiger partial charge in [-0.05, 0) is 19.8 Å². The molecule has 3 unspecified atom stereocenters. The Morgan fingerprint density at radius 3 is 1.72 bits per heavy atom. The molecule has 0 aromatic heterocycles. The van der Waals surface area contributed by atoms with E-state index in [-0.39, 0.29) is 12.5 Å². The van der Waals surface area contributed by atoms with E-state index in [0.717, 1.165) is 32.1 Å². The van der Waals surface area contributed by atoms with Crippen LogP contribution in [0.25, 0.3) is 0 Å². The minimum atomic E-state index is -4.61. The molecule has 234 valence electrons. The monoisotopic (exact) mass is 578 g/mol. The Labute approximate surface area is 241 Å². The first-order chi connectivity index (χ1) is 18.5. The van der Waals surface area contributed by atoms with Crippen molar-refractivity contribution < 1.29 is 32.5 Å². The zero-order valence-corrected chi connectivity index (χ0v) is 27.2. The smallest absolute Gasteiger partial charge is 0.270 e. The van der Waals surface area contributed by atoms with Crippen LogP contribution in [0.5, 0.6) is 0 Å². The Morgan fingerprint density at radius 2 is 1.23 bits per heavy atom. The van der Waals surface area contributed by atoms with Crippen LogP contribution in [0.2, 0.25) is 0 Å². The van der Waals surface area contributed by atoms with Crippen LogP contribution in [0.1, 0.15) is 136 Å². The van der Waals surface area contributed by atoms with E-state index in [0.29, 0.717) is 24.1 Å². The van der Waals surface area contributed by atoms with E-state index in [2.05, 4.69) is 19.2 Å². The number of amides is 1. The summed E-state index contributed by atoms with van der Waals surface area (Å²) in [5.41, 5.74) is 0. The predicted molar refractivity (Wildman–Crippen MR) is 159 cm³/mol. The number of unbranched alkanes of at least 4 members (excludes halogenated alkanes) is 15. The van der Waals surface area contributed by atoms with Gasteiger partial charge in [0.2, 0.25) is 5.91 Å². The van der Waals surface area contributed by atoms with Crippen molar-refractivity contribution in [1.82, 2.24) is 5.32 Å². The number of carbonyl (C=O) groups is 1. The lowest BCUT2D eigenvalue weighted by molar-refractivity contribution is -0.870. The maximum absolute atomic E-state index is 12.6. The molecule has 0 aromatic carbocycles. The van der Waals surface area contributed by atoms with Gasteiger partial charge in [0.05, 0.1) is 27.2 Å². The molecular formula is C30H63N2O6P. The third-order valence-electron chi connectivity index (χ3n) is 6.87. The van der Waals surface area contributed by atoms with Crippen LogP contribution in [0.3, 0.4) is 0 Å². The number of hydrogen-bond acceptors (Lipinski definition) is 6. The van der Waals surface area contributed by atoms with Crippen molar-refractivity contribution >= 4 is 13.7 Å². The van der Waals surface area contributed by atoms with Crippen molar-refractivity contribution in [3.8, 4) is 0 Å². The molecule has 0 saturated heterocycles. The third-order valence-corrected chi connectivity index (χ3v) is 7.85. The molecule has 0 fully saturated rings. The summed E-state index contributed by atoms with van der Waals surface area (Å²) < 4.78 is 29.4. The van der Waals surface area contributed by atoms with Crippen LogP contribution in [0, 0.1) is 0 Å². The fourth-order valence-corrected chi connectivity index (χ4v) is 5.11. The molecule has 0 aliphatic rings. The molecule has 3 atom stereocenters. The Hall–Kier alpha value is -0.500. The molecule has 0 heterocycles. The van der Waals surface area contributed by atoms with Gasteiger partial charge in [0.15, 0.2) is 6.23 Å². The molecule has 39 heavy (non-hydrogen) atoms. The number of ether oxygens (including phenoxy) is 1. The molecule has 0 aromatic rings. The first-order valence-corrected chi connectivity index (χ1v) is 17.3. The lowest BCUT2D eigenvalue weighted by atomic mass is 10.1. The van der Waals surface area contributed by atoms with E-state index in [9.17, 15) is 14.3 Å². The molecular weight excluding hydrogens is 515 g/mol. The van der Waals surface area contributed by atoms with Crippen molar-refractivity contribution in [2.45, 2.75) is 149 Å². The van der Waals surface area contributed by atoms with Gasteiger partial charge in [-0.25, -0.2) is 0 Å². The highest BCUT2D eigenvalue weighted by Gasteiger charge is 2.26. The lowest BCUT2D eigenvalue weighted by Crippen LogP contribution is -2.45. The number of nitrogens with one attached hydrogen (secondary N) is 1. The molecule has 1 N–H and O–H groups in total. The Kier molecular flexibility index (Phi) is 23.8. The standard InChI is InChI=1S/C30H63N2O6P/c1-7-9-11-13-15-16-17-19-21-23-26-36-28(3)30(38-39(34,35)37-27-25-32(4,5)6)31-29(33)24-22-20-18-14-12-10-8-2/h28,30H,7-27H2,1-6H3,(H-,31,33,34,35). The molecule has 0 rings (SSSR count). The SMILES string of the molecule is CCCCCCCCCCCCOC(C)C(NC(=O)CCCCCCCCC)OP(=O)([O-])OCC[N+](C)(C)C. The average Bonchev–Trinajstić information content (AvgIpc) is 2.85. The summed E-state index contributed by atoms with van der Waals surface area (Å²) in [4.78, 5) is 25.1. The number of quaternary nitrogens is 1. The fraction of sp³-hybridized carbons (Fsp3) is 0.967. The molecule has 1 amide bonds. The van der Waals surface area contributed by atoms with Gasteiger partial charge in [-0.1, -0.05) is 110 Å². The van der Waals surface area contributed by atoms with Gasteiger partial charge >= 0.3 is 0 Å². The summed E-state index contributed by atoms with van der Waals surface area (Å²) in [5.74, 6) is -0.227. The van der Waals surface area contributed by atoms with E-state index in [1.165, 1.54) is 77.0 Å². The van der Waals surface area contributed by atoms with Gasteiger partial charge in [-0.3, -0.25) is 13.9 Å². The van der Waals surface area contributed by atoms with Crippen LogP contribution >= 0.6 is 7.82 Å². The Bertz CT molecular complexity index is 629. The summed E-state index contributed by atoms with van der Waals surface area (Å²) in [6, 6.07) is 0. The van der Waals surface area contributed by atoms with Crippen LogP contribution in [-0.2, 0) is 23.1 Å². The summed E-state index contributed by atoms with van der Waals surface area (Å²) in [6.45, 7) is 7.19. The lowest BCUT2D eigenvalue weighted by Gasteiger charge is -2.32. The van der Waals surface area contributed by atoms with Crippen LogP contribution in [-0.4, -0.2) is 63.6 Å². The minimum absolute atomic E-state index is 0.0107. The highest BCUT2D eigenvalue weighted by molar-refractivity contribution is 7.45. The van der Waals surface area contributed by atoms with Gasteiger partial charge in [-0.15, -0.1) is 0 Å². The Morgan fingerprint density at radius 1 is 0.769 bits per heavy atom. The van der Waals surface area contributed by atoms with Crippen molar-refractivity contribution in [2.75, 3.05) is 40.9 Å². The number of likely N-dealkylation sites (N-methyl/N-ethyl adjacent to an activating group) is 1. The second-order valence-corrected chi connectivity index (χ2v) is 13.4. The fourth-order valence-electron chi connectivity index (χ4n) is 4.25. The minimum Gasteiger partial charge on any atom is -0.756 e. The van der Waals surface area contributed by atoms with Gasteiger partial charge in [0, 0.05) is 13.0 Å². The number of rotatable bonds is 28. The first kappa shape index (κ1) is 38.5. The number of nitrogens with zero attached hydrogens (tertiary/aromatic N) is 1. The number of phosphoric acid groups is 1. The molecule has 0 spiro atoms. The summed E-state index contributed by atoms with van der Waals surface area (Å²) >= 11 is 0. The van der Waals surface area contributed by atoms with Crippen LogP contribution in [0.4, 0.5) is 0 Å². The van der Waals surface area contributed by atoms with Crippen molar-refractivity contribution in [3.05, 3.63) is 0 Å². The van der Waals surface area contributed by atoms with E-state index in [1.54, 1.807) is 6.92 Å². The zero-order valence-electron chi connectivity index (χ0n) is 26.3. The van der Waals surface area contributed by atoms with Gasteiger partial charge in [0.25, 0.3) is 7.82 Å². The molecule has 0 aliphatic carbocycles. The maximum atomic E-state index is 12.6. The number of phosphoric ester groups is 1. The van der Waals surface area contributed by atoms with Crippen LogP contribution in [0.15, 0.2) is 0 Å². The van der Waals surface area contributed by atoms with E-state index >= 15 is 0 Å². The molecule has 0 aliphatic heterocycles. The average molecular weight is 579 g/mol. The summed E-state index contributed by atoms with van der Waals surface area (Å²) in [7, 11) is 1.25. The highest BCUT2D eigenvalue weighted by atomic mass is 31.2. The molecule has 0 bridgehead atoms. The van der Waals surface area contributed by atoms with Crippen LogP contribution < -0.4 is 10.2 Å². The van der Waals surface area contributed by atoms with Crippen molar-refractivity contribution in [2.24, 2.45) is 0 Å². The van der Waals surface area contributed by atoms with E-state index in [1.807, 2.05) is 21.1 Å². The quantitative estimate of drug-likeness (QED) is 0.0460. The molecule has 8 nitrogen and oxygen atoms in total. The highest BCUT2D eigenvalue weighted by Crippen LogP contribution is 2.40. The normalized spacial score (nSPS) is 15.2. The van der Waals surface area contributed by atoms with Crippen molar-refractivity contribution in [3.63, 3.8) is 0 Å². The van der Waals surface area contributed by atoms with Gasteiger partial charge in [-0.2, -0.15) is 0 Å². The molecule has 0 saturated carbocycles. The van der Waals surface area contributed by atoms with Crippen molar-refractivity contribution in [1.29, 1.82) is 0 Å². The number of carbonyl (C=O) groups excluding carboxylic acids is 1. The zero-order chi connectivity index (χ0) is 29.4. The topological polar surface area (TPSA) is 96.9 Å². The summed E-state index contributed by atoms with van der Waals surface area (Å²) in [5, 5.41) is 2.74. The summed E-state index contributed by atoms with van der Waals surface area (Å²) in [6.07, 6.45) is 18.7. The van der Waals surface area contributed by atoms with E-state index < -0.39 is 20.2 Å². The predicted octanol–water partition coefficient (Wildman–Crippen LogP) is 7.10. The van der Waals surface area contributed by atoms with Gasteiger partial charge in [0.1, 0.15) is 13.2 Å². The molecule has 9 heteroatoms.